The number of imidazole rings is 1. The summed E-state index contributed by atoms with van der Waals surface area (Å²) in [6.07, 6.45) is 0. The van der Waals surface area contributed by atoms with Gasteiger partial charge >= 0.3 is 0 Å². The van der Waals surface area contributed by atoms with E-state index in [1.807, 2.05) is 18.2 Å². The van der Waals surface area contributed by atoms with Crippen molar-refractivity contribution in [2.75, 3.05) is 27.7 Å². The maximum absolute atomic E-state index is 5.41. The highest BCUT2D eigenvalue weighted by molar-refractivity contribution is 7.71. The Morgan fingerprint density at radius 2 is 2.17 bits per heavy atom. The third kappa shape index (κ3) is 2.42. The molecule has 0 amide bonds. The maximum atomic E-state index is 5.41. The summed E-state index contributed by atoms with van der Waals surface area (Å²) in [5, 5.41) is 0. The van der Waals surface area contributed by atoms with Crippen molar-refractivity contribution in [3.8, 4) is 5.75 Å². The molecule has 0 aliphatic rings. The molecule has 1 aromatic carbocycles. The summed E-state index contributed by atoms with van der Waals surface area (Å²) in [5.41, 5.74) is 2.14. The van der Waals surface area contributed by atoms with Crippen LogP contribution in [0.3, 0.4) is 0 Å². The quantitative estimate of drug-likeness (QED) is 0.863. The molecule has 1 N–H and O–H groups in total. The molecular weight excluding hydrogens is 246 g/mol. The summed E-state index contributed by atoms with van der Waals surface area (Å²) in [5.74, 6) is 0.839. The Labute approximate surface area is 112 Å². The van der Waals surface area contributed by atoms with Crippen LogP contribution in [0.2, 0.25) is 0 Å². The molecule has 5 heteroatoms. The number of H-pyrrole nitrogens is 1. The number of hydrogen-bond donors (Lipinski definition) is 1. The number of aromatic nitrogens is 2. The van der Waals surface area contributed by atoms with Crippen LogP contribution in [0.5, 0.6) is 5.75 Å². The molecule has 98 valence electrons. The number of nitrogens with one attached hydrogen (secondary N) is 1. The standard InChI is InChI=1S/C13H19N3OS/c1-9(8-15(2)3)16-12-6-5-10(17-4)7-11(12)14-13(16)18/h5-7,9H,8H2,1-4H3,(H,14,18). The SMILES string of the molecule is COc1ccc2c(c1)[nH]c(=S)n2C(C)CN(C)C. The lowest BCUT2D eigenvalue weighted by Crippen LogP contribution is -2.22. The molecule has 0 spiro atoms. The van der Waals surface area contributed by atoms with E-state index >= 15 is 0 Å². The number of nitrogens with zero attached hydrogens (tertiary/aromatic N) is 2. The van der Waals surface area contributed by atoms with Crippen LogP contribution in [0.25, 0.3) is 11.0 Å². The van der Waals surface area contributed by atoms with Gasteiger partial charge in [-0.2, -0.15) is 0 Å². The van der Waals surface area contributed by atoms with Gasteiger partial charge < -0.3 is 19.2 Å². The van der Waals surface area contributed by atoms with E-state index in [1.165, 1.54) is 0 Å². The number of rotatable bonds is 4. The molecule has 0 aliphatic heterocycles. The van der Waals surface area contributed by atoms with Gasteiger partial charge in [0.05, 0.1) is 18.1 Å². The molecule has 0 fully saturated rings. The molecule has 0 bridgehead atoms. The first-order chi connectivity index (χ1) is 8.52. The van der Waals surface area contributed by atoms with Gasteiger partial charge in [-0.3, -0.25) is 0 Å². The van der Waals surface area contributed by atoms with Crippen molar-refractivity contribution in [2.24, 2.45) is 0 Å². The number of hydrogen-bond acceptors (Lipinski definition) is 3. The fourth-order valence-corrected chi connectivity index (χ4v) is 2.67. The summed E-state index contributed by atoms with van der Waals surface area (Å²) in [6.45, 7) is 3.13. The van der Waals surface area contributed by atoms with Crippen molar-refractivity contribution in [3.05, 3.63) is 23.0 Å². The van der Waals surface area contributed by atoms with E-state index in [9.17, 15) is 0 Å². The molecule has 1 aromatic heterocycles. The minimum Gasteiger partial charge on any atom is -0.497 e. The zero-order valence-electron chi connectivity index (χ0n) is 11.2. The average Bonchev–Trinajstić information content (AvgIpc) is 2.62. The smallest absolute Gasteiger partial charge is 0.178 e. The molecule has 2 aromatic rings. The van der Waals surface area contributed by atoms with Gasteiger partial charge in [0.15, 0.2) is 4.77 Å². The number of fused-ring (bicyclic) bond motifs is 1. The van der Waals surface area contributed by atoms with Crippen LogP contribution >= 0.6 is 12.2 Å². The van der Waals surface area contributed by atoms with Crippen molar-refractivity contribution < 1.29 is 4.74 Å². The third-order valence-electron chi connectivity index (χ3n) is 2.99. The second-order valence-electron chi connectivity index (χ2n) is 4.79. The van der Waals surface area contributed by atoms with E-state index in [2.05, 4.69) is 35.5 Å². The summed E-state index contributed by atoms with van der Waals surface area (Å²) in [4.78, 5) is 5.40. The molecule has 0 saturated heterocycles. The predicted molar refractivity (Wildman–Crippen MR) is 76.9 cm³/mol. The average molecular weight is 265 g/mol. The molecule has 0 radical (unpaired) electrons. The predicted octanol–water partition coefficient (Wildman–Crippen LogP) is 2.83. The molecule has 18 heavy (non-hydrogen) atoms. The number of likely N-dealkylation sites (N-methyl/N-ethyl adjacent to an activating group) is 1. The lowest BCUT2D eigenvalue weighted by atomic mass is 10.2. The van der Waals surface area contributed by atoms with E-state index < -0.39 is 0 Å². The number of benzene rings is 1. The monoisotopic (exact) mass is 265 g/mol. The topological polar surface area (TPSA) is 33.2 Å². The van der Waals surface area contributed by atoms with Crippen molar-refractivity contribution >= 4 is 23.3 Å². The molecule has 4 nitrogen and oxygen atoms in total. The van der Waals surface area contributed by atoms with Crippen LogP contribution in [-0.2, 0) is 0 Å². The van der Waals surface area contributed by atoms with E-state index in [4.69, 9.17) is 17.0 Å². The van der Waals surface area contributed by atoms with Gasteiger partial charge in [-0.1, -0.05) is 0 Å². The zero-order chi connectivity index (χ0) is 13.3. The molecule has 0 saturated carbocycles. The summed E-state index contributed by atoms with van der Waals surface area (Å²) in [6, 6.07) is 6.31. The van der Waals surface area contributed by atoms with E-state index in [0.717, 1.165) is 28.1 Å². The largest absolute Gasteiger partial charge is 0.497 e. The summed E-state index contributed by atoms with van der Waals surface area (Å²) < 4.78 is 8.14. The summed E-state index contributed by atoms with van der Waals surface area (Å²) in [7, 11) is 5.80. The van der Waals surface area contributed by atoms with Crippen molar-refractivity contribution in [1.82, 2.24) is 14.5 Å². The Morgan fingerprint density at radius 1 is 1.44 bits per heavy atom. The van der Waals surface area contributed by atoms with Crippen LogP contribution in [0.1, 0.15) is 13.0 Å². The fraction of sp³-hybridized carbons (Fsp3) is 0.462. The lowest BCUT2D eigenvalue weighted by molar-refractivity contribution is 0.339. The maximum Gasteiger partial charge on any atom is 0.178 e. The number of ether oxygens (including phenoxy) is 1. The number of aromatic amines is 1. The van der Waals surface area contributed by atoms with Crippen molar-refractivity contribution in [2.45, 2.75) is 13.0 Å². The van der Waals surface area contributed by atoms with Gasteiger partial charge in [0.25, 0.3) is 0 Å². The van der Waals surface area contributed by atoms with Gasteiger partial charge in [0, 0.05) is 18.7 Å². The highest BCUT2D eigenvalue weighted by Gasteiger charge is 2.12. The highest BCUT2D eigenvalue weighted by atomic mass is 32.1. The summed E-state index contributed by atoms with van der Waals surface area (Å²) >= 11 is 5.41. The minimum absolute atomic E-state index is 0.328. The van der Waals surface area contributed by atoms with Crippen LogP contribution in [0, 0.1) is 4.77 Å². The Bertz CT molecular complexity index is 600. The number of methoxy groups -OCH3 is 1. The van der Waals surface area contributed by atoms with Gasteiger partial charge in [-0.25, -0.2) is 0 Å². The van der Waals surface area contributed by atoms with Crippen LogP contribution in [-0.4, -0.2) is 42.2 Å². The van der Waals surface area contributed by atoms with Crippen LogP contribution in [0.15, 0.2) is 18.2 Å². The molecule has 1 atom stereocenters. The van der Waals surface area contributed by atoms with Gasteiger partial charge in [0.2, 0.25) is 0 Å². The van der Waals surface area contributed by atoms with Gasteiger partial charge in [0.1, 0.15) is 5.75 Å². The molecule has 1 heterocycles. The lowest BCUT2D eigenvalue weighted by Gasteiger charge is -2.19. The Morgan fingerprint density at radius 3 is 2.78 bits per heavy atom. The van der Waals surface area contributed by atoms with Gasteiger partial charge in [-0.15, -0.1) is 0 Å². The molecule has 0 aliphatic carbocycles. The second-order valence-corrected chi connectivity index (χ2v) is 5.18. The van der Waals surface area contributed by atoms with Gasteiger partial charge in [-0.05, 0) is 45.4 Å². The Balaban J connectivity index is 2.50. The first kappa shape index (κ1) is 13.1. The Hall–Kier alpha value is -1.33. The third-order valence-corrected chi connectivity index (χ3v) is 3.29. The van der Waals surface area contributed by atoms with Crippen molar-refractivity contribution in [3.63, 3.8) is 0 Å². The second kappa shape index (κ2) is 5.12. The van der Waals surface area contributed by atoms with Crippen LogP contribution < -0.4 is 4.74 Å². The van der Waals surface area contributed by atoms with E-state index in [0.29, 0.717) is 6.04 Å². The first-order valence-electron chi connectivity index (χ1n) is 5.96. The van der Waals surface area contributed by atoms with E-state index in [1.54, 1.807) is 7.11 Å². The normalized spacial score (nSPS) is 13.2. The Kier molecular flexibility index (Phi) is 3.73. The highest BCUT2D eigenvalue weighted by Crippen LogP contribution is 2.23. The molecule has 1 unspecified atom stereocenters. The fourth-order valence-electron chi connectivity index (χ4n) is 2.28. The zero-order valence-corrected chi connectivity index (χ0v) is 12.0. The minimum atomic E-state index is 0.328. The molecule has 2 rings (SSSR count). The molecular formula is C13H19N3OS. The van der Waals surface area contributed by atoms with Crippen molar-refractivity contribution in [1.29, 1.82) is 0 Å². The van der Waals surface area contributed by atoms with Crippen LogP contribution in [0.4, 0.5) is 0 Å². The van der Waals surface area contributed by atoms with E-state index in [-0.39, 0.29) is 0 Å². The first-order valence-corrected chi connectivity index (χ1v) is 6.36.